The summed E-state index contributed by atoms with van der Waals surface area (Å²) in [4.78, 5) is 0. The monoisotopic (exact) mass is 158 g/mol. The van der Waals surface area contributed by atoms with Gasteiger partial charge < -0.3 is 0 Å². The molecule has 1 fully saturated rings. The zero-order valence-electron chi connectivity index (χ0n) is 5.83. The Bertz CT molecular complexity index is 142. The number of azo groups is 1. The van der Waals surface area contributed by atoms with Crippen molar-refractivity contribution in [2.45, 2.75) is 43.1 Å². The van der Waals surface area contributed by atoms with Gasteiger partial charge in [-0.05, 0) is 25.7 Å². The highest BCUT2D eigenvalue weighted by atomic mass is 35.5. The number of hydrogen-bond donors (Lipinski definition) is 0. The summed E-state index contributed by atoms with van der Waals surface area (Å²) >= 11 is 6.03. The van der Waals surface area contributed by atoms with E-state index in [1.807, 2.05) is 0 Å². The van der Waals surface area contributed by atoms with Gasteiger partial charge in [0.2, 0.25) is 0 Å². The van der Waals surface area contributed by atoms with Gasteiger partial charge in [-0.25, -0.2) is 0 Å². The van der Waals surface area contributed by atoms with Crippen LogP contribution in [-0.2, 0) is 0 Å². The molecule has 2 atom stereocenters. The molecule has 0 aromatic carbocycles. The Kier molecular flexibility index (Phi) is 1.65. The average molecular weight is 159 g/mol. The third-order valence-electron chi connectivity index (χ3n) is 2.28. The molecule has 3 heteroatoms. The van der Waals surface area contributed by atoms with Gasteiger partial charge in [-0.1, -0.05) is 0 Å². The van der Waals surface area contributed by atoms with Crippen LogP contribution in [0.3, 0.4) is 0 Å². The first kappa shape index (κ1) is 6.59. The van der Waals surface area contributed by atoms with E-state index in [4.69, 9.17) is 11.6 Å². The van der Waals surface area contributed by atoms with E-state index in [0.29, 0.717) is 17.5 Å². The molecule has 0 N–H and O–H groups in total. The van der Waals surface area contributed by atoms with Crippen LogP contribution in [0.5, 0.6) is 0 Å². The second-order valence-electron chi connectivity index (χ2n) is 3.18. The summed E-state index contributed by atoms with van der Waals surface area (Å²) in [6.07, 6.45) is 4.50. The second-order valence-corrected chi connectivity index (χ2v) is 3.80. The van der Waals surface area contributed by atoms with Crippen molar-refractivity contribution in [1.82, 2.24) is 0 Å². The molecule has 1 aliphatic carbocycles. The minimum Gasteiger partial charge on any atom is -0.190 e. The van der Waals surface area contributed by atoms with E-state index in [9.17, 15) is 0 Å². The van der Waals surface area contributed by atoms with Crippen LogP contribution in [0.4, 0.5) is 0 Å². The zero-order valence-corrected chi connectivity index (χ0v) is 6.59. The van der Waals surface area contributed by atoms with Gasteiger partial charge in [0.05, 0.1) is 12.1 Å². The molecule has 1 saturated carbocycles. The smallest absolute Gasteiger partial charge is 0.0723 e. The number of nitrogens with zero attached hydrogens (tertiary/aromatic N) is 2. The fourth-order valence-corrected chi connectivity index (χ4v) is 2.12. The van der Waals surface area contributed by atoms with Crippen molar-refractivity contribution in [3.05, 3.63) is 0 Å². The van der Waals surface area contributed by atoms with Crippen molar-refractivity contribution in [3.8, 4) is 0 Å². The predicted molar refractivity (Wildman–Crippen MR) is 40.5 cm³/mol. The molecular weight excluding hydrogens is 148 g/mol. The molecule has 2 nitrogen and oxygen atoms in total. The summed E-state index contributed by atoms with van der Waals surface area (Å²) in [6.45, 7) is 0. The van der Waals surface area contributed by atoms with Gasteiger partial charge in [0.1, 0.15) is 0 Å². The molecule has 0 aromatic rings. The largest absolute Gasteiger partial charge is 0.190 e. The van der Waals surface area contributed by atoms with Crippen LogP contribution < -0.4 is 0 Å². The van der Waals surface area contributed by atoms with Crippen LogP contribution in [0.15, 0.2) is 10.2 Å². The average Bonchev–Trinajstić information content (AvgIpc) is 2.17. The molecule has 0 spiro atoms. The molecule has 10 heavy (non-hydrogen) atoms. The summed E-state index contributed by atoms with van der Waals surface area (Å²) in [5.74, 6) is 0. The molecule has 2 unspecified atom stereocenters. The predicted octanol–water partition coefficient (Wildman–Crippen LogP) is 2.37. The topological polar surface area (TPSA) is 24.7 Å². The van der Waals surface area contributed by atoms with Crippen LogP contribution in [0.25, 0.3) is 0 Å². The van der Waals surface area contributed by atoms with Crippen LogP contribution in [0, 0.1) is 0 Å². The van der Waals surface area contributed by atoms with E-state index in [1.54, 1.807) is 0 Å². The van der Waals surface area contributed by atoms with Gasteiger partial charge in [0, 0.05) is 5.38 Å². The first-order valence-electron chi connectivity index (χ1n) is 3.88. The van der Waals surface area contributed by atoms with Crippen LogP contribution in [0.1, 0.15) is 25.7 Å². The maximum Gasteiger partial charge on any atom is 0.0723 e. The van der Waals surface area contributed by atoms with Gasteiger partial charge >= 0.3 is 0 Å². The standard InChI is InChI=1S/C7H11ClN2/c8-5-3-6-1-2-7(4-5)10-9-6/h5-7H,1-4H2. The molecule has 0 amide bonds. The van der Waals surface area contributed by atoms with Gasteiger partial charge in [0.15, 0.2) is 0 Å². The van der Waals surface area contributed by atoms with Crippen LogP contribution in [-0.4, -0.2) is 17.5 Å². The number of rotatable bonds is 0. The highest BCUT2D eigenvalue weighted by molar-refractivity contribution is 6.20. The summed E-state index contributed by atoms with van der Waals surface area (Å²) in [6, 6.07) is 0.891. The van der Waals surface area contributed by atoms with E-state index >= 15 is 0 Å². The Balaban J connectivity index is 2.14. The maximum absolute atomic E-state index is 6.03. The van der Waals surface area contributed by atoms with Crippen LogP contribution in [0.2, 0.25) is 0 Å². The maximum atomic E-state index is 6.03. The van der Waals surface area contributed by atoms with E-state index in [-0.39, 0.29) is 0 Å². The first-order chi connectivity index (χ1) is 4.84. The Morgan fingerprint density at radius 2 is 1.50 bits per heavy atom. The normalized spacial score (nSPS) is 45.5. The zero-order chi connectivity index (χ0) is 6.97. The molecule has 56 valence electrons. The Morgan fingerprint density at radius 1 is 1.00 bits per heavy atom. The highest BCUT2D eigenvalue weighted by Gasteiger charge is 2.27. The van der Waals surface area contributed by atoms with Gasteiger partial charge in [-0.15, -0.1) is 11.6 Å². The molecule has 2 bridgehead atoms. The number of fused-ring (bicyclic) bond motifs is 3. The number of halogens is 1. The summed E-state index contributed by atoms with van der Waals surface area (Å²) in [5, 5.41) is 8.69. The van der Waals surface area contributed by atoms with E-state index < -0.39 is 0 Å². The highest BCUT2D eigenvalue weighted by Crippen LogP contribution is 2.30. The van der Waals surface area contributed by atoms with E-state index in [0.717, 1.165) is 12.8 Å². The lowest BCUT2D eigenvalue weighted by molar-refractivity contribution is 0.472. The van der Waals surface area contributed by atoms with Gasteiger partial charge in [-0.2, -0.15) is 10.2 Å². The Labute approximate surface area is 65.7 Å². The lowest BCUT2D eigenvalue weighted by Crippen LogP contribution is -2.09. The lowest BCUT2D eigenvalue weighted by Gasteiger charge is -2.12. The molecular formula is C7H11ClN2. The van der Waals surface area contributed by atoms with Crippen LogP contribution >= 0.6 is 11.6 Å². The molecule has 0 aromatic heterocycles. The molecule has 3 aliphatic rings. The number of alkyl halides is 1. The fourth-order valence-electron chi connectivity index (χ4n) is 1.71. The molecule has 0 radical (unpaired) electrons. The van der Waals surface area contributed by atoms with Crippen molar-refractivity contribution in [1.29, 1.82) is 0 Å². The third kappa shape index (κ3) is 1.17. The summed E-state index contributed by atoms with van der Waals surface area (Å²) in [5.41, 5.74) is 0. The second kappa shape index (κ2) is 2.50. The molecule has 2 aliphatic heterocycles. The number of hydrogen-bond acceptors (Lipinski definition) is 2. The Morgan fingerprint density at radius 3 is 1.90 bits per heavy atom. The van der Waals surface area contributed by atoms with Gasteiger partial charge in [-0.3, -0.25) is 0 Å². The quantitative estimate of drug-likeness (QED) is 0.484. The third-order valence-corrected chi connectivity index (χ3v) is 2.64. The van der Waals surface area contributed by atoms with Crippen molar-refractivity contribution in [2.75, 3.05) is 0 Å². The minimum atomic E-state index is 0.326. The Hall–Kier alpha value is -0.110. The summed E-state index contributed by atoms with van der Waals surface area (Å²) in [7, 11) is 0. The minimum absolute atomic E-state index is 0.326. The van der Waals surface area contributed by atoms with E-state index in [2.05, 4.69) is 10.2 Å². The van der Waals surface area contributed by atoms with Crippen molar-refractivity contribution in [2.24, 2.45) is 10.2 Å². The summed E-state index contributed by atoms with van der Waals surface area (Å²) < 4.78 is 0. The van der Waals surface area contributed by atoms with Crippen molar-refractivity contribution >= 4 is 11.6 Å². The molecule has 2 heterocycles. The van der Waals surface area contributed by atoms with Gasteiger partial charge in [0.25, 0.3) is 0 Å². The SMILES string of the molecule is ClC1CC2CCC(C1)N=N2. The first-order valence-corrected chi connectivity index (χ1v) is 4.32. The molecule has 0 saturated heterocycles. The van der Waals surface area contributed by atoms with E-state index in [1.165, 1.54) is 12.8 Å². The lowest BCUT2D eigenvalue weighted by atomic mass is 10.1. The fraction of sp³-hybridized carbons (Fsp3) is 1.00. The van der Waals surface area contributed by atoms with Crippen molar-refractivity contribution in [3.63, 3.8) is 0 Å². The van der Waals surface area contributed by atoms with Crippen molar-refractivity contribution < 1.29 is 0 Å². The molecule has 3 rings (SSSR count).